The summed E-state index contributed by atoms with van der Waals surface area (Å²) >= 11 is 0. The van der Waals surface area contributed by atoms with Gasteiger partial charge in [-0.3, -0.25) is 4.98 Å². The summed E-state index contributed by atoms with van der Waals surface area (Å²) in [5.74, 6) is 1.53. The molecule has 0 aliphatic heterocycles. The Morgan fingerprint density at radius 1 is 1.43 bits per heavy atom. The van der Waals surface area contributed by atoms with E-state index in [0.29, 0.717) is 5.92 Å². The van der Waals surface area contributed by atoms with Crippen LogP contribution in [0.3, 0.4) is 0 Å². The van der Waals surface area contributed by atoms with Crippen LogP contribution in [0.25, 0.3) is 0 Å². The van der Waals surface area contributed by atoms with Gasteiger partial charge in [-0.15, -0.1) is 0 Å². The average molecular weight is 189 g/mol. The van der Waals surface area contributed by atoms with Crippen LogP contribution in [-0.2, 0) is 6.42 Å². The maximum Gasteiger partial charge on any atom is 0.0409 e. The molecule has 2 rings (SSSR count). The average Bonchev–Trinajstić information content (AvgIpc) is 2.86. The quantitative estimate of drug-likeness (QED) is 0.709. The minimum atomic E-state index is 0.702. The fraction of sp³-hybridized carbons (Fsp3) is 0.615. The zero-order chi connectivity index (χ0) is 10.1. The summed E-state index contributed by atoms with van der Waals surface area (Å²) in [5.41, 5.74) is 4.18. The third-order valence-corrected chi connectivity index (χ3v) is 2.84. The van der Waals surface area contributed by atoms with Gasteiger partial charge in [-0.25, -0.2) is 0 Å². The molecule has 1 aliphatic carbocycles. The van der Waals surface area contributed by atoms with Crippen LogP contribution >= 0.6 is 0 Å². The molecule has 0 aromatic carbocycles. The van der Waals surface area contributed by atoms with E-state index in [0.717, 1.165) is 12.3 Å². The van der Waals surface area contributed by atoms with E-state index >= 15 is 0 Å². The lowest BCUT2D eigenvalue weighted by molar-refractivity contribution is 0.634. The molecule has 1 aliphatic rings. The van der Waals surface area contributed by atoms with Crippen molar-refractivity contribution >= 4 is 0 Å². The van der Waals surface area contributed by atoms with Crippen LogP contribution < -0.4 is 0 Å². The van der Waals surface area contributed by atoms with Crippen molar-refractivity contribution in [3.05, 3.63) is 29.1 Å². The lowest BCUT2D eigenvalue weighted by Crippen LogP contribution is -1.99. The number of nitrogens with zero attached hydrogens (tertiary/aromatic N) is 1. The van der Waals surface area contributed by atoms with Crippen LogP contribution in [0.1, 0.15) is 49.4 Å². The van der Waals surface area contributed by atoms with Crippen molar-refractivity contribution in [1.82, 2.24) is 4.98 Å². The Balaban J connectivity index is 2.17. The molecule has 0 bridgehead atoms. The molecule has 1 heterocycles. The number of hydrogen-bond donors (Lipinski definition) is 0. The Morgan fingerprint density at radius 2 is 2.14 bits per heavy atom. The van der Waals surface area contributed by atoms with Gasteiger partial charge in [-0.2, -0.15) is 0 Å². The van der Waals surface area contributed by atoms with Gasteiger partial charge >= 0.3 is 0 Å². The highest BCUT2D eigenvalue weighted by Gasteiger charge is 2.25. The Hall–Kier alpha value is -0.850. The summed E-state index contributed by atoms with van der Waals surface area (Å²) in [6.45, 7) is 6.71. The van der Waals surface area contributed by atoms with Crippen LogP contribution in [-0.4, -0.2) is 4.98 Å². The van der Waals surface area contributed by atoms with Gasteiger partial charge in [0.15, 0.2) is 0 Å². The highest BCUT2D eigenvalue weighted by atomic mass is 14.7. The van der Waals surface area contributed by atoms with Crippen LogP contribution in [0, 0.1) is 12.8 Å². The zero-order valence-corrected chi connectivity index (χ0v) is 9.38. The molecule has 1 aromatic rings. The predicted molar refractivity (Wildman–Crippen MR) is 59.5 cm³/mol. The molecule has 0 atom stereocenters. The molecule has 0 saturated heterocycles. The third kappa shape index (κ3) is 2.14. The van der Waals surface area contributed by atoms with Crippen molar-refractivity contribution in [2.75, 3.05) is 0 Å². The SMILES string of the molecule is Cc1cc(CC(C)C)ncc1C1CC1. The van der Waals surface area contributed by atoms with Crippen molar-refractivity contribution < 1.29 is 0 Å². The molecule has 1 saturated carbocycles. The van der Waals surface area contributed by atoms with Gasteiger partial charge in [0, 0.05) is 11.9 Å². The molecule has 0 N–H and O–H groups in total. The summed E-state index contributed by atoms with van der Waals surface area (Å²) in [5, 5.41) is 0. The molecule has 1 heteroatoms. The van der Waals surface area contributed by atoms with E-state index < -0.39 is 0 Å². The van der Waals surface area contributed by atoms with Gasteiger partial charge in [0.25, 0.3) is 0 Å². The number of aryl methyl sites for hydroxylation is 1. The molecule has 0 unspecified atom stereocenters. The fourth-order valence-corrected chi connectivity index (χ4v) is 1.98. The highest BCUT2D eigenvalue weighted by Crippen LogP contribution is 2.41. The van der Waals surface area contributed by atoms with E-state index in [1.165, 1.54) is 29.7 Å². The lowest BCUT2D eigenvalue weighted by Gasteiger charge is -2.08. The van der Waals surface area contributed by atoms with Crippen molar-refractivity contribution in [3.63, 3.8) is 0 Å². The first-order valence-corrected chi connectivity index (χ1v) is 5.62. The van der Waals surface area contributed by atoms with E-state index in [-0.39, 0.29) is 0 Å². The van der Waals surface area contributed by atoms with E-state index in [9.17, 15) is 0 Å². The Kier molecular flexibility index (Phi) is 2.58. The first-order valence-electron chi connectivity index (χ1n) is 5.62. The van der Waals surface area contributed by atoms with E-state index in [1.54, 1.807) is 0 Å². The molecule has 1 aromatic heterocycles. The Bertz CT molecular complexity index is 324. The summed E-state index contributed by atoms with van der Waals surface area (Å²) in [7, 11) is 0. The largest absolute Gasteiger partial charge is 0.261 e. The van der Waals surface area contributed by atoms with Gasteiger partial charge in [0.2, 0.25) is 0 Å². The highest BCUT2D eigenvalue weighted by molar-refractivity contribution is 5.31. The number of hydrogen-bond acceptors (Lipinski definition) is 1. The summed E-state index contributed by atoms with van der Waals surface area (Å²) in [4.78, 5) is 4.54. The minimum absolute atomic E-state index is 0.702. The van der Waals surface area contributed by atoms with Crippen LogP contribution in [0.5, 0.6) is 0 Å². The van der Waals surface area contributed by atoms with Crippen LogP contribution in [0.15, 0.2) is 12.3 Å². The van der Waals surface area contributed by atoms with E-state index in [1.807, 2.05) is 0 Å². The fourth-order valence-electron chi connectivity index (χ4n) is 1.98. The van der Waals surface area contributed by atoms with Crippen molar-refractivity contribution in [2.45, 2.75) is 46.0 Å². The number of pyridine rings is 1. The maximum absolute atomic E-state index is 4.54. The van der Waals surface area contributed by atoms with Crippen molar-refractivity contribution in [2.24, 2.45) is 5.92 Å². The van der Waals surface area contributed by atoms with E-state index in [4.69, 9.17) is 0 Å². The minimum Gasteiger partial charge on any atom is -0.261 e. The molecular weight excluding hydrogens is 170 g/mol. The number of aromatic nitrogens is 1. The normalized spacial score (nSPS) is 16.3. The summed E-state index contributed by atoms with van der Waals surface area (Å²) < 4.78 is 0. The molecular formula is C13H19N. The third-order valence-electron chi connectivity index (χ3n) is 2.84. The predicted octanol–water partition coefficient (Wildman–Crippen LogP) is 3.47. The number of rotatable bonds is 3. The van der Waals surface area contributed by atoms with Gasteiger partial charge in [0.05, 0.1) is 0 Å². The topological polar surface area (TPSA) is 12.9 Å². The second kappa shape index (κ2) is 3.72. The second-order valence-electron chi connectivity index (χ2n) is 4.90. The summed E-state index contributed by atoms with van der Waals surface area (Å²) in [6.07, 6.45) is 5.94. The standard InChI is InChI=1S/C13H19N/c1-9(2)6-12-7-10(3)13(8-14-12)11-4-5-11/h7-9,11H,4-6H2,1-3H3. The Morgan fingerprint density at radius 3 is 2.64 bits per heavy atom. The van der Waals surface area contributed by atoms with Gasteiger partial charge in [-0.1, -0.05) is 13.8 Å². The van der Waals surface area contributed by atoms with Crippen LogP contribution in [0.4, 0.5) is 0 Å². The first-order chi connectivity index (χ1) is 6.66. The lowest BCUT2D eigenvalue weighted by atomic mass is 10.0. The summed E-state index contributed by atoms with van der Waals surface area (Å²) in [6, 6.07) is 2.27. The molecule has 0 spiro atoms. The van der Waals surface area contributed by atoms with Gasteiger partial charge in [-0.05, 0) is 55.2 Å². The molecule has 0 amide bonds. The molecule has 0 radical (unpaired) electrons. The van der Waals surface area contributed by atoms with Crippen molar-refractivity contribution in [3.8, 4) is 0 Å². The molecule has 1 nitrogen and oxygen atoms in total. The monoisotopic (exact) mass is 189 g/mol. The molecule has 76 valence electrons. The van der Waals surface area contributed by atoms with Crippen LogP contribution in [0.2, 0.25) is 0 Å². The van der Waals surface area contributed by atoms with E-state index in [2.05, 4.69) is 38.0 Å². The first kappa shape index (κ1) is 9.70. The smallest absolute Gasteiger partial charge is 0.0409 e. The second-order valence-corrected chi connectivity index (χ2v) is 4.90. The molecule has 1 fully saturated rings. The molecule has 14 heavy (non-hydrogen) atoms. The Labute approximate surface area is 86.6 Å². The zero-order valence-electron chi connectivity index (χ0n) is 9.38. The van der Waals surface area contributed by atoms with Crippen molar-refractivity contribution in [1.29, 1.82) is 0 Å². The van der Waals surface area contributed by atoms with Gasteiger partial charge in [0.1, 0.15) is 0 Å². The maximum atomic E-state index is 4.54. The van der Waals surface area contributed by atoms with Gasteiger partial charge < -0.3 is 0 Å².